The van der Waals surface area contributed by atoms with Crippen molar-refractivity contribution in [2.45, 2.75) is 51.2 Å². The van der Waals surface area contributed by atoms with Gasteiger partial charge in [-0.1, -0.05) is 30.8 Å². The first-order valence-electron chi connectivity index (χ1n) is 11.2. The Hall–Kier alpha value is -2.21. The van der Waals surface area contributed by atoms with Crippen molar-refractivity contribution < 1.29 is 4.74 Å². The van der Waals surface area contributed by atoms with Gasteiger partial charge in [-0.3, -0.25) is 9.98 Å². The van der Waals surface area contributed by atoms with Gasteiger partial charge in [0.1, 0.15) is 11.8 Å². The van der Waals surface area contributed by atoms with E-state index in [0.717, 1.165) is 36.7 Å². The number of hydrogen-bond donors (Lipinski definition) is 0. The van der Waals surface area contributed by atoms with Crippen molar-refractivity contribution >= 4 is 22.6 Å². The van der Waals surface area contributed by atoms with Gasteiger partial charge in [-0.25, -0.2) is 0 Å². The number of pyridine rings is 1. The van der Waals surface area contributed by atoms with E-state index in [1.165, 1.54) is 29.3 Å². The van der Waals surface area contributed by atoms with Crippen LogP contribution in [0.25, 0.3) is 0 Å². The summed E-state index contributed by atoms with van der Waals surface area (Å²) in [6.07, 6.45) is 5.53. The first-order valence-corrected chi connectivity index (χ1v) is 12.2. The molecule has 158 valence electrons. The molecule has 5 nitrogen and oxygen atoms in total. The fourth-order valence-electron chi connectivity index (χ4n) is 4.91. The monoisotopic (exact) mass is 422 g/mol. The van der Waals surface area contributed by atoms with E-state index in [1.807, 2.05) is 24.0 Å². The Balaban J connectivity index is 1.56. The minimum Gasteiger partial charge on any atom is -0.492 e. The fourth-order valence-corrected chi connectivity index (χ4v) is 6.25. The molecule has 0 bridgehead atoms. The summed E-state index contributed by atoms with van der Waals surface area (Å²) in [5.74, 6) is 2.12. The summed E-state index contributed by atoms with van der Waals surface area (Å²) in [7, 11) is 0. The SMILES string of the molecule is CCOc1cc([C@@H]2[C@H](c3ccccn3)N=C3SC[C@@H](CC)N32)ccc1N1CCCC1. The van der Waals surface area contributed by atoms with E-state index in [9.17, 15) is 0 Å². The molecule has 0 aliphatic carbocycles. The summed E-state index contributed by atoms with van der Waals surface area (Å²) in [6, 6.07) is 13.7. The van der Waals surface area contributed by atoms with Gasteiger partial charge in [-0.2, -0.15) is 0 Å². The molecule has 3 atom stereocenters. The number of thioether (sulfide) groups is 1. The van der Waals surface area contributed by atoms with Crippen LogP contribution >= 0.6 is 11.8 Å². The number of amidine groups is 1. The van der Waals surface area contributed by atoms with Crippen molar-refractivity contribution in [2.75, 3.05) is 30.3 Å². The molecular weight excluding hydrogens is 392 g/mol. The Labute approximate surface area is 183 Å². The number of rotatable bonds is 6. The lowest BCUT2D eigenvalue weighted by Crippen LogP contribution is -2.35. The predicted octanol–water partition coefficient (Wildman–Crippen LogP) is 5.06. The van der Waals surface area contributed by atoms with E-state index < -0.39 is 0 Å². The third-order valence-corrected chi connectivity index (χ3v) is 7.53. The smallest absolute Gasteiger partial charge is 0.160 e. The lowest BCUT2D eigenvalue weighted by atomic mass is 9.94. The Bertz CT molecular complexity index is 913. The third kappa shape index (κ3) is 3.45. The molecule has 1 aromatic carbocycles. The van der Waals surface area contributed by atoms with Gasteiger partial charge in [0.2, 0.25) is 0 Å². The van der Waals surface area contributed by atoms with Gasteiger partial charge >= 0.3 is 0 Å². The number of aromatic nitrogens is 1. The van der Waals surface area contributed by atoms with E-state index >= 15 is 0 Å². The van der Waals surface area contributed by atoms with Crippen molar-refractivity contribution in [3.05, 3.63) is 53.9 Å². The maximum Gasteiger partial charge on any atom is 0.160 e. The zero-order chi connectivity index (χ0) is 20.5. The summed E-state index contributed by atoms with van der Waals surface area (Å²) < 4.78 is 6.14. The number of anilines is 1. The number of hydrogen-bond acceptors (Lipinski definition) is 6. The van der Waals surface area contributed by atoms with Crippen molar-refractivity contribution in [1.82, 2.24) is 9.88 Å². The Morgan fingerprint density at radius 1 is 1.13 bits per heavy atom. The highest BCUT2D eigenvalue weighted by molar-refractivity contribution is 8.14. The quantitative estimate of drug-likeness (QED) is 0.651. The maximum absolute atomic E-state index is 6.14. The number of ether oxygens (including phenoxy) is 1. The molecule has 6 heteroatoms. The van der Waals surface area contributed by atoms with Crippen LogP contribution in [0.15, 0.2) is 47.6 Å². The van der Waals surface area contributed by atoms with Crippen molar-refractivity contribution in [2.24, 2.45) is 4.99 Å². The summed E-state index contributed by atoms with van der Waals surface area (Å²) >= 11 is 1.89. The topological polar surface area (TPSA) is 41.0 Å². The van der Waals surface area contributed by atoms with Crippen LogP contribution in [0.1, 0.15) is 56.5 Å². The van der Waals surface area contributed by atoms with Crippen LogP contribution in [0.4, 0.5) is 5.69 Å². The normalized spacial score (nSPS) is 25.5. The Kier molecular flexibility index (Phi) is 5.59. The van der Waals surface area contributed by atoms with Gasteiger partial charge in [0.05, 0.1) is 24.0 Å². The van der Waals surface area contributed by atoms with E-state index in [-0.39, 0.29) is 12.1 Å². The molecule has 0 saturated carbocycles. The van der Waals surface area contributed by atoms with Gasteiger partial charge in [0.15, 0.2) is 5.17 Å². The highest BCUT2D eigenvalue weighted by Crippen LogP contribution is 2.49. The number of aliphatic imine (C=N–C) groups is 1. The van der Waals surface area contributed by atoms with Crippen LogP contribution in [-0.4, -0.2) is 46.5 Å². The molecule has 3 aliphatic heterocycles. The standard InChI is InChI=1S/C24H30N4OS/c1-3-18-16-30-24-26-22(19-9-5-6-12-25-19)23(28(18)24)17-10-11-20(21(15-17)29-4-2)27-13-7-8-14-27/h5-6,9-12,15,18,22-23H,3-4,7-8,13-14,16H2,1-2H3/t18-,22+,23-/m1/s1. The molecule has 30 heavy (non-hydrogen) atoms. The van der Waals surface area contributed by atoms with Crippen LogP contribution in [-0.2, 0) is 0 Å². The number of fused-ring (bicyclic) bond motifs is 1. The third-order valence-electron chi connectivity index (χ3n) is 6.40. The van der Waals surface area contributed by atoms with E-state index in [0.29, 0.717) is 12.6 Å². The molecule has 2 aromatic rings. The predicted molar refractivity (Wildman–Crippen MR) is 125 cm³/mol. The molecule has 0 N–H and O–H groups in total. The van der Waals surface area contributed by atoms with E-state index in [2.05, 4.69) is 59.0 Å². The molecule has 4 heterocycles. The van der Waals surface area contributed by atoms with E-state index in [1.54, 1.807) is 0 Å². The molecule has 0 unspecified atom stereocenters. The highest BCUT2D eigenvalue weighted by atomic mass is 32.2. The van der Waals surface area contributed by atoms with Gasteiger partial charge in [0.25, 0.3) is 0 Å². The molecule has 3 aliphatic rings. The van der Waals surface area contributed by atoms with Gasteiger partial charge < -0.3 is 14.5 Å². The maximum atomic E-state index is 6.14. The summed E-state index contributed by atoms with van der Waals surface area (Å²) in [4.78, 5) is 14.8. The molecular formula is C24H30N4OS. The second kappa shape index (κ2) is 8.50. The molecule has 5 rings (SSSR count). The van der Waals surface area contributed by atoms with E-state index in [4.69, 9.17) is 9.73 Å². The van der Waals surface area contributed by atoms with Crippen molar-refractivity contribution in [3.8, 4) is 5.75 Å². The summed E-state index contributed by atoms with van der Waals surface area (Å²) in [6.45, 7) is 7.26. The molecule has 2 fully saturated rings. The van der Waals surface area contributed by atoms with Gasteiger partial charge in [0, 0.05) is 31.1 Å². The molecule has 0 amide bonds. The highest BCUT2D eigenvalue weighted by Gasteiger charge is 2.45. The van der Waals surface area contributed by atoms with Crippen LogP contribution in [0.3, 0.4) is 0 Å². The lowest BCUT2D eigenvalue weighted by molar-refractivity contribution is 0.254. The zero-order valence-electron chi connectivity index (χ0n) is 17.8. The second-order valence-electron chi connectivity index (χ2n) is 8.19. The molecule has 0 spiro atoms. The van der Waals surface area contributed by atoms with Crippen molar-refractivity contribution in [3.63, 3.8) is 0 Å². The van der Waals surface area contributed by atoms with Crippen LogP contribution < -0.4 is 9.64 Å². The van der Waals surface area contributed by atoms with Crippen LogP contribution in [0, 0.1) is 0 Å². The van der Waals surface area contributed by atoms with Crippen LogP contribution in [0.5, 0.6) is 5.75 Å². The first kappa shape index (κ1) is 19.7. The largest absolute Gasteiger partial charge is 0.492 e. The molecule has 1 aromatic heterocycles. The Morgan fingerprint density at radius 2 is 2.00 bits per heavy atom. The van der Waals surface area contributed by atoms with Gasteiger partial charge in [-0.15, -0.1) is 0 Å². The fraction of sp³-hybridized carbons (Fsp3) is 0.500. The first-order chi connectivity index (χ1) is 14.8. The van der Waals surface area contributed by atoms with Crippen LogP contribution in [0.2, 0.25) is 0 Å². The zero-order valence-corrected chi connectivity index (χ0v) is 18.6. The summed E-state index contributed by atoms with van der Waals surface area (Å²) in [5.41, 5.74) is 3.55. The lowest BCUT2D eigenvalue weighted by Gasteiger charge is -2.32. The summed E-state index contributed by atoms with van der Waals surface area (Å²) in [5, 5.41) is 1.17. The average Bonchev–Trinajstić information content (AvgIpc) is 3.51. The Morgan fingerprint density at radius 3 is 2.73 bits per heavy atom. The van der Waals surface area contributed by atoms with Gasteiger partial charge in [-0.05, 0) is 56.0 Å². The minimum absolute atomic E-state index is 0.0233. The average molecular weight is 423 g/mol. The number of nitrogens with zero attached hydrogens (tertiary/aromatic N) is 4. The minimum atomic E-state index is 0.0233. The second-order valence-corrected chi connectivity index (χ2v) is 9.18. The van der Waals surface area contributed by atoms with Crippen molar-refractivity contribution in [1.29, 1.82) is 0 Å². The molecule has 2 saturated heterocycles. The molecule has 0 radical (unpaired) electrons. The number of benzene rings is 1.